The van der Waals surface area contributed by atoms with E-state index in [1.54, 1.807) is 30.5 Å². The third-order valence-corrected chi connectivity index (χ3v) is 4.73. The van der Waals surface area contributed by atoms with Crippen LogP contribution >= 0.6 is 0 Å². The molecule has 0 aromatic heterocycles. The maximum Gasteiger partial charge on any atom is 0.271 e. The van der Waals surface area contributed by atoms with Gasteiger partial charge in [-0.2, -0.15) is 5.10 Å². The molecule has 4 aromatic carbocycles. The highest BCUT2D eigenvalue weighted by atomic mass is 16.2. The molecule has 3 N–H and O–H groups in total. The van der Waals surface area contributed by atoms with E-state index >= 15 is 0 Å². The van der Waals surface area contributed by atoms with Gasteiger partial charge in [0, 0.05) is 28.3 Å². The number of para-hydroxylation sites is 2. The number of nitrogens with one attached hydrogen (secondary N) is 1. The zero-order valence-corrected chi connectivity index (χ0v) is 16.8. The Balaban J connectivity index is 1.50. The van der Waals surface area contributed by atoms with E-state index in [0.29, 0.717) is 11.3 Å². The van der Waals surface area contributed by atoms with Gasteiger partial charge in [-0.1, -0.05) is 48.5 Å². The summed E-state index contributed by atoms with van der Waals surface area (Å²) in [7, 11) is 0. The van der Waals surface area contributed by atoms with E-state index in [9.17, 15) is 4.79 Å². The minimum absolute atomic E-state index is 0.285. The molecule has 0 aliphatic rings. The third-order valence-electron chi connectivity index (χ3n) is 4.73. The lowest BCUT2D eigenvalue weighted by atomic mass is 10.1. The Morgan fingerprint density at radius 1 is 0.710 bits per heavy atom. The van der Waals surface area contributed by atoms with Crippen molar-refractivity contribution in [3.05, 3.63) is 120 Å². The number of rotatable bonds is 6. The summed E-state index contributed by atoms with van der Waals surface area (Å²) in [6.07, 6.45) is 1.62. The number of hydrogen-bond acceptors (Lipinski definition) is 4. The topological polar surface area (TPSA) is 70.7 Å². The number of carbonyl (C=O) groups excluding carboxylic acids is 1. The highest BCUT2D eigenvalue weighted by Crippen LogP contribution is 2.33. The Hall–Kier alpha value is -4.38. The van der Waals surface area contributed by atoms with Crippen molar-refractivity contribution in [3.63, 3.8) is 0 Å². The van der Waals surface area contributed by atoms with Gasteiger partial charge >= 0.3 is 0 Å². The van der Waals surface area contributed by atoms with E-state index in [1.807, 2.05) is 60.7 Å². The van der Waals surface area contributed by atoms with Crippen LogP contribution in [0.15, 0.2) is 114 Å². The molecule has 0 bridgehead atoms. The lowest BCUT2D eigenvalue weighted by molar-refractivity contribution is 0.0955. The molecule has 4 rings (SSSR count). The molecule has 0 atom stereocenters. The van der Waals surface area contributed by atoms with Crippen molar-refractivity contribution in [2.45, 2.75) is 0 Å². The molecular weight excluding hydrogens is 384 g/mol. The van der Waals surface area contributed by atoms with Crippen LogP contribution in [-0.4, -0.2) is 12.1 Å². The summed E-state index contributed by atoms with van der Waals surface area (Å²) < 4.78 is 0. The van der Waals surface area contributed by atoms with E-state index in [0.717, 1.165) is 22.6 Å². The van der Waals surface area contributed by atoms with Crippen LogP contribution in [0.25, 0.3) is 0 Å². The van der Waals surface area contributed by atoms with Crippen LogP contribution in [0.3, 0.4) is 0 Å². The van der Waals surface area contributed by atoms with Gasteiger partial charge in [0.05, 0.1) is 6.21 Å². The van der Waals surface area contributed by atoms with Crippen LogP contribution in [-0.2, 0) is 0 Å². The van der Waals surface area contributed by atoms with Gasteiger partial charge in [-0.3, -0.25) is 4.79 Å². The molecule has 0 saturated carbocycles. The summed E-state index contributed by atoms with van der Waals surface area (Å²) in [6, 6.07) is 35.1. The van der Waals surface area contributed by atoms with Gasteiger partial charge in [0.25, 0.3) is 5.91 Å². The summed E-state index contributed by atoms with van der Waals surface area (Å²) in [5, 5.41) is 4.06. The second-order valence-corrected chi connectivity index (χ2v) is 6.92. The fourth-order valence-electron chi connectivity index (χ4n) is 3.18. The van der Waals surface area contributed by atoms with E-state index < -0.39 is 0 Å². The van der Waals surface area contributed by atoms with Crippen LogP contribution in [0.1, 0.15) is 15.9 Å². The number of nitrogens with zero attached hydrogens (tertiary/aromatic N) is 2. The number of carbonyl (C=O) groups is 1. The SMILES string of the molecule is Nc1ccc(C(=O)N/N=C\c2ccc(N(c3ccccc3)c3ccccc3)cc2)cc1. The van der Waals surface area contributed by atoms with Crippen LogP contribution in [0.5, 0.6) is 0 Å². The first-order valence-electron chi connectivity index (χ1n) is 9.90. The molecular formula is C26H22N4O. The largest absolute Gasteiger partial charge is 0.399 e. The highest BCUT2D eigenvalue weighted by Gasteiger charge is 2.11. The molecule has 0 radical (unpaired) electrons. The smallest absolute Gasteiger partial charge is 0.271 e. The zero-order valence-electron chi connectivity index (χ0n) is 16.8. The first-order chi connectivity index (χ1) is 15.2. The molecule has 0 aliphatic heterocycles. The average Bonchev–Trinajstić information content (AvgIpc) is 2.82. The Morgan fingerprint density at radius 3 is 1.77 bits per heavy atom. The standard InChI is InChI=1S/C26H22N4O/c27-22-15-13-21(14-16-22)26(31)29-28-19-20-11-17-25(18-12-20)30(23-7-3-1-4-8-23)24-9-5-2-6-10-24/h1-19H,27H2,(H,29,31)/b28-19-. The number of amides is 1. The normalized spacial score (nSPS) is 10.7. The predicted octanol–water partition coefficient (Wildman–Crippen LogP) is 5.50. The highest BCUT2D eigenvalue weighted by molar-refractivity contribution is 5.95. The van der Waals surface area contributed by atoms with Crippen molar-refractivity contribution in [1.29, 1.82) is 0 Å². The third kappa shape index (κ3) is 4.97. The lowest BCUT2D eigenvalue weighted by Crippen LogP contribution is -2.17. The van der Waals surface area contributed by atoms with Gasteiger partial charge < -0.3 is 10.6 Å². The van der Waals surface area contributed by atoms with Gasteiger partial charge in [0.1, 0.15) is 0 Å². The van der Waals surface area contributed by atoms with E-state index in [-0.39, 0.29) is 5.91 Å². The molecule has 31 heavy (non-hydrogen) atoms. The Bertz CT molecular complexity index is 1120. The van der Waals surface area contributed by atoms with Crippen molar-refractivity contribution in [2.75, 3.05) is 10.6 Å². The average molecular weight is 406 g/mol. The second kappa shape index (κ2) is 9.41. The summed E-state index contributed by atoms with van der Waals surface area (Å²) in [4.78, 5) is 14.3. The fourth-order valence-corrected chi connectivity index (χ4v) is 3.18. The van der Waals surface area contributed by atoms with Gasteiger partial charge in [0.2, 0.25) is 0 Å². The number of nitrogens with two attached hydrogens (primary N) is 1. The Morgan fingerprint density at radius 2 is 1.23 bits per heavy atom. The number of hydrazone groups is 1. The number of benzene rings is 4. The fraction of sp³-hybridized carbons (Fsp3) is 0. The van der Waals surface area contributed by atoms with Crippen LogP contribution in [0.2, 0.25) is 0 Å². The minimum Gasteiger partial charge on any atom is -0.399 e. The van der Waals surface area contributed by atoms with E-state index in [2.05, 4.69) is 39.7 Å². The van der Waals surface area contributed by atoms with Crippen molar-refractivity contribution in [3.8, 4) is 0 Å². The van der Waals surface area contributed by atoms with Crippen molar-refractivity contribution in [1.82, 2.24) is 5.43 Å². The maximum atomic E-state index is 12.1. The molecule has 5 heteroatoms. The molecule has 0 fully saturated rings. The molecule has 1 amide bonds. The predicted molar refractivity (Wildman–Crippen MR) is 127 cm³/mol. The van der Waals surface area contributed by atoms with Gasteiger partial charge in [0.15, 0.2) is 0 Å². The number of anilines is 4. The molecule has 152 valence electrons. The second-order valence-electron chi connectivity index (χ2n) is 6.92. The van der Waals surface area contributed by atoms with Crippen LogP contribution in [0, 0.1) is 0 Å². The van der Waals surface area contributed by atoms with Gasteiger partial charge in [-0.15, -0.1) is 0 Å². The number of hydrogen-bond donors (Lipinski definition) is 2. The van der Waals surface area contributed by atoms with Gasteiger partial charge in [-0.05, 0) is 66.2 Å². The minimum atomic E-state index is -0.285. The molecule has 0 aliphatic carbocycles. The van der Waals surface area contributed by atoms with E-state index in [1.165, 1.54) is 0 Å². The quantitative estimate of drug-likeness (QED) is 0.252. The molecule has 0 spiro atoms. The van der Waals surface area contributed by atoms with Crippen molar-refractivity contribution >= 4 is 34.9 Å². The Kier molecular flexibility index (Phi) is 6.05. The first kappa shape index (κ1) is 19.9. The van der Waals surface area contributed by atoms with Crippen LogP contribution < -0.4 is 16.1 Å². The lowest BCUT2D eigenvalue weighted by Gasteiger charge is -2.25. The first-order valence-corrected chi connectivity index (χ1v) is 9.90. The number of nitrogen functional groups attached to an aromatic ring is 1. The van der Waals surface area contributed by atoms with Crippen molar-refractivity contribution in [2.24, 2.45) is 5.10 Å². The monoisotopic (exact) mass is 406 g/mol. The Labute approximate surface area is 181 Å². The molecule has 0 heterocycles. The zero-order chi connectivity index (χ0) is 21.5. The van der Waals surface area contributed by atoms with Gasteiger partial charge in [-0.25, -0.2) is 5.43 Å². The maximum absolute atomic E-state index is 12.1. The summed E-state index contributed by atoms with van der Waals surface area (Å²) in [5.41, 5.74) is 13.4. The summed E-state index contributed by atoms with van der Waals surface area (Å²) in [5.74, 6) is -0.285. The summed E-state index contributed by atoms with van der Waals surface area (Å²) >= 11 is 0. The molecule has 0 unspecified atom stereocenters. The van der Waals surface area contributed by atoms with Crippen molar-refractivity contribution < 1.29 is 4.79 Å². The van der Waals surface area contributed by atoms with E-state index in [4.69, 9.17) is 5.73 Å². The summed E-state index contributed by atoms with van der Waals surface area (Å²) in [6.45, 7) is 0. The molecule has 4 aromatic rings. The molecule has 5 nitrogen and oxygen atoms in total. The van der Waals surface area contributed by atoms with Crippen LogP contribution in [0.4, 0.5) is 22.7 Å². The molecule has 0 saturated heterocycles.